The molecule has 212 valence electrons. The first-order valence-corrected chi connectivity index (χ1v) is 12.4. The average molecular weight is 527 g/mol. The Morgan fingerprint density at radius 1 is 0.889 bits per heavy atom. The lowest BCUT2D eigenvalue weighted by atomic mass is 9.99. The number of amides is 1. The summed E-state index contributed by atoms with van der Waals surface area (Å²) >= 11 is 0. The molecule has 0 aliphatic carbocycles. The Bertz CT molecular complexity index is 630. The predicted octanol–water partition coefficient (Wildman–Crippen LogP) is -3.96. The van der Waals surface area contributed by atoms with Gasteiger partial charge in [0.1, 0.15) is 36.6 Å². The Balaban J connectivity index is 1.92. The van der Waals surface area contributed by atoms with Crippen molar-refractivity contribution in [3.05, 3.63) is 0 Å². The number of carbonyl (C=O) groups excluding carboxylic acids is 1. The van der Waals surface area contributed by atoms with Crippen LogP contribution in [0.5, 0.6) is 0 Å². The van der Waals surface area contributed by atoms with E-state index in [2.05, 4.69) is 5.32 Å². The number of aliphatic hydroxyl groups excluding tert-OH is 7. The Hall–Kier alpha value is -1.01. The SMILES string of the molecule is NCCCCCC(=O)N[C@@H](CCOC1O[C@H](CO)C(O)C[C@@H]1O)CO[C@H]1OC(CO)[C@@H](O)C(O)C1O. The van der Waals surface area contributed by atoms with Crippen molar-refractivity contribution in [3.63, 3.8) is 0 Å². The smallest absolute Gasteiger partial charge is 0.220 e. The monoisotopic (exact) mass is 526 g/mol. The van der Waals surface area contributed by atoms with Gasteiger partial charge in [-0.15, -0.1) is 0 Å². The molecular weight excluding hydrogens is 484 g/mol. The molecule has 2 saturated heterocycles. The van der Waals surface area contributed by atoms with Gasteiger partial charge in [-0.1, -0.05) is 6.42 Å². The van der Waals surface area contributed by atoms with Gasteiger partial charge in [-0.3, -0.25) is 4.79 Å². The predicted molar refractivity (Wildman–Crippen MR) is 122 cm³/mol. The van der Waals surface area contributed by atoms with E-state index in [9.17, 15) is 40.5 Å². The second-order valence-electron chi connectivity index (χ2n) is 9.15. The lowest BCUT2D eigenvalue weighted by Gasteiger charge is -2.40. The Labute approximate surface area is 209 Å². The van der Waals surface area contributed by atoms with Crippen LogP contribution in [0.1, 0.15) is 38.5 Å². The van der Waals surface area contributed by atoms with Gasteiger partial charge in [0.15, 0.2) is 12.6 Å². The van der Waals surface area contributed by atoms with Crippen LogP contribution < -0.4 is 11.1 Å². The van der Waals surface area contributed by atoms with Crippen LogP contribution in [0.25, 0.3) is 0 Å². The maximum atomic E-state index is 12.4. The molecule has 0 aromatic rings. The standard InChI is InChI=1S/C22H42N2O12/c23-6-3-1-2-4-17(29)24-12(5-7-33-21-14(28)8-13(27)15(9-25)35-21)11-34-22-20(32)19(31)18(30)16(10-26)36-22/h12-16,18-22,25-28,30-32H,1-11,23H2,(H,24,29)/t12-,13?,14-,15+,16?,18+,19?,20?,21?,22-/m0/s1. The van der Waals surface area contributed by atoms with E-state index < -0.39 is 74.6 Å². The number of nitrogens with one attached hydrogen (secondary N) is 1. The molecule has 0 bridgehead atoms. The molecule has 2 aliphatic rings. The van der Waals surface area contributed by atoms with Gasteiger partial charge in [0.05, 0.1) is 38.6 Å². The van der Waals surface area contributed by atoms with Gasteiger partial charge in [-0.05, 0) is 25.8 Å². The Kier molecular flexibility index (Phi) is 13.9. The van der Waals surface area contributed by atoms with Crippen molar-refractivity contribution in [1.29, 1.82) is 0 Å². The minimum absolute atomic E-state index is 0.00608. The van der Waals surface area contributed by atoms with Gasteiger partial charge in [0.25, 0.3) is 0 Å². The molecular formula is C22H42N2O12. The van der Waals surface area contributed by atoms with Crippen molar-refractivity contribution in [2.75, 3.05) is 33.0 Å². The zero-order valence-electron chi connectivity index (χ0n) is 20.3. The highest BCUT2D eigenvalue weighted by atomic mass is 16.7. The van der Waals surface area contributed by atoms with Crippen LogP contribution in [-0.2, 0) is 23.7 Å². The normalized spacial score (nSPS) is 35.9. The number of hydrogen-bond donors (Lipinski definition) is 9. The molecule has 14 heteroatoms. The fraction of sp³-hybridized carbons (Fsp3) is 0.955. The molecule has 0 aromatic heterocycles. The fourth-order valence-electron chi connectivity index (χ4n) is 4.03. The Morgan fingerprint density at radius 3 is 2.25 bits per heavy atom. The summed E-state index contributed by atoms with van der Waals surface area (Å²) in [7, 11) is 0. The molecule has 2 rings (SSSR count). The van der Waals surface area contributed by atoms with E-state index >= 15 is 0 Å². The highest BCUT2D eigenvalue weighted by Gasteiger charge is 2.44. The summed E-state index contributed by atoms with van der Waals surface area (Å²) < 4.78 is 21.9. The van der Waals surface area contributed by atoms with Crippen LogP contribution in [0.4, 0.5) is 0 Å². The van der Waals surface area contributed by atoms with Crippen molar-refractivity contribution >= 4 is 5.91 Å². The van der Waals surface area contributed by atoms with Crippen molar-refractivity contribution in [1.82, 2.24) is 5.32 Å². The molecule has 0 spiro atoms. The number of rotatable bonds is 15. The minimum atomic E-state index is -1.60. The summed E-state index contributed by atoms with van der Waals surface area (Å²) in [6, 6.07) is -0.626. The van der Waals surface area contributed by atoms with Gasteiger partial charge in [-0.2, -0.15) is 0 Å². The number of hydrogen-bond acceptors (Lipinski definition) is 13. The third-order valence-corrected chi connectivity index (χ3v) is 6.25. The first-order valence-electron chi connectivity index (χ1n) is 12.4. The maximum Gasteiger partial charge on any atom is 0.220 e. The van der Waals surface area contributed by atoms with Crippen molar-refractivity contribution in [2.45, 2.75) is 99.9 Å². The lowest BCUT2D eigenvalue weighted by molar-refractivity contribution is -0.302. The van der Waals surface area contributed by atoms with Crippen LogP contribution in [-0.4, -0.2) is 136 Å². The summed E-state index contributed by atoms with van der Waals surface area (Å²) in [4.78, 5) is 12.4. The first-order chi connectivity index (χ1) is 17.2. The van der Waals surface area contributed by atoms with Gasteiger partial charge >= 0.3 is 0 Å². The van der Waals surface area contributed by atoms with E-state index in [4.69, 9.17) is 24.7 Å². The molecule has 0 saturated carbocycles. The van der Waals surface area contributed by atoms with Gasteiger partial charge in [0, 0.05) is 12.8 Å². The van der Waals surface area contributed by atoms with Crippen LogP contribution in [0, 0.1) is 0 Å². The van der Waals surface area contributed by atoms with Crippen molar-refractivity contribution < 1.29 is 59.5 Å². The number of ether oxygens (including phenoxy) is 4. The molecule has 1 amide bonds. The van der Waals surface area contributed by atoms with Crippen LogP contribution in [0.2, 0.25) is 0 Å². The summed E-state index contributed by atoms with van der Waals surface area (Å²) in [6.07, 6.45) is -8.62. The van der Waals surface area contributed by atoms with E-state index in [-0.39, 0.29) is 38.4 Å². The highest BCUT2D eigenvalue weighted by Crippen LogP contribution is 2.23. The minimum Gasteiger partial charge on any atom is -0.394 e. The quantitative estimate of drug-likeness (QED) is 0.0928. The summed E-state index contributed by atoms with van der Waals surface area (Å²) in [5, 5.41) is 71.4. The molecule has 5 unspecified atom stereocenters. The summed E-state index contributed by atoms with van der Waals surface area (Å²) in [6.45, 7) is -0.658. The van der Waals surface area contributed by atoms with E-state index in [0.717, 1.165) is 12.8 Å². The topological polar surface area (TPSA) is 234 Å². The van der Waals surface area contributed by atoms with Gasteiger partial charge in [0.2, 0.25) is 5.91 Å². The molecule has 2 heterocycles. The molecule has 0 aromatic carbocycles. The highest BCUT2D eigenvalue weighted by molar-refractivity contribution is 5.76. The fourth-order valence-corrected chi connectivity index (χ4v) is 4.03. The van der Waals surface area contributed by atoms with E-state index in [0.29, 0.717) is 13.0 Å². The van der Waals surface area contributed by atoms with E-state index in [1.54, 1.807) is 0 Å². The molecule has 36 heavy (non-hydrogen) atoms. The summed E-state index contributed by atoms with van der Waals surface area (Å²) in [5.41, 5.74) is 5.47. The zero-order chi connectivity index (χ0) is 26.7. The van der Waals surface area contributed by atoms with E-state index in [1.165, 1.54) is 0 Å². The van der Waals surface area contributed by atoms with Gasteiger partial charge in [-0.25, -0.2) is 0 Å². The number of aliphatic hydroxyl groups is 7. The summed E-state index contributed by atoms with van der Waals surface area (Å²) in [5.74, 6) is -0.244. The van der Waals surface area contributed by atoms with Gasteiger partial charge < -0.3 is 65.7 Å². The zero-order valence-corrected chi connectivity index (χ0v) is 20.3. The molecule has 10 N–H and O–H groups in total. The molecule has 2 aliphatic heterocycles. The molecule has 14 nitrogen and oxygen atoms in total. The van der Waals surface area contributed by atoms with Crippen LogP contribution in [0.15, 0.2) is 0 Å². The number of unbranched alkanes of at least 4 members (excludes halogenated alkanes) is 2. The molecule has 0 radical (unpaired) electrons. The Morgan fingerprint density at radius 2 is 1.58 bits per heavy atom. The lowest BCUT2D eigenvalue weighted by Crippen LogP contribution is -2.59. The third kappa shape index (κ3) is 9.38. The average Bonchev–Trinajstić information content (AvgIpc) is 2.85. The van der Waals surface area contributed by atoms with Crippen molar-refractivity contribution in [2.24, 2.45) is 5.73 Å². The largest absolute Gasteiger partial charge is 0.394 e. The second-order valence-corrected chi connectivity index (χ2v) is 9.15. The van der Waals surface area contributed by atoms with E-state index in [1.807, 2.05) is 0 Å². The maximum absolute atomic E-state index is 12.4. The van der Waals surface area contributed by atoms with Crippen molar-refractivity contribution in [3.8, 4) is 0 Å². The third-order valence-electron chi connectivity index (χ3n) is 6.25. The first kappa shape index (κ1) is 31.2. The van der Waals surface area contributed by atoms with Crippen LogP contribution >= 0.6 is 0 Å². The molecule has 10 atom stereocenters. The number of nitrogens with two attached hydrogens (primary N) is 1. The molecule has 2 fully saturated rings. The van der Waals surface area contributed by atoms with Crippen LogP contribution in [0.3, 0.4) is 0 Å². The number of carbonyl (C=O) groups is 1. The second kappa shape index (κ2) is 16.1.